The maximum Gasteiger partial charge on any atom is 0.230 e. The second-order valence-corrected chi connectivity index (χ2v) is 5.26. The fourth-order valence-corrected chi connectivity index (χ4v) is 2.34. The van der Waals surface area contributed by atoms with E-state index in [0.29, 0.717) is 10.6 Å². The van der Waals surface area contributed by atoms with Gasteiger partial charge in [0.1, 0.15) is 0 Å². The number of nitrogens with zero attached hydrogens (tertiary/aromatic N) is 2. The van der Waals surface area contributed by atoms with Crippen molar-refractivity contribution in [3.05, 3.63) is 30.1 Å². The van der Waals surface area contributed by atoms with E-state index in [2.05, 4.69) is 17.6 Å². The average molecular weight is 280 g/mol. The summed E-state index contributed by atoms with van der Waals surface area (Å²) in [6.45, 7) is 0. The lowest BCUT2D eigenvalue weighted by Crippen LogP contribution is -2.44. The van der Waals surface area contributed by atoms with Crippen molar-refractivity contribution in [1.29, 1.82) is 0 Å². The number of aromatic nitrogens is 1. The van der Waals surface area contributed by atoms with E-state index in [1.54, 1.807) is 6.20 Å². The fourth-order valence-electron chi connectivity index (χ4n) is 1.95. The molecule has 2 amide bonds. The van der Waals surface area contributed by atoms with Crippen molar-refractivity contribution in [3.8, 4) is 0 Å². The van der Waals surface area contributed by atoms with Gasteiger partial charge in [-0.1, -0.05) is 18.3 Å². The van der Waals surface area contributed by atoms with E-state index in [1.807, 2.05) is 18.2 Å². The van der Waals surface area contributed by atoms with Gasteiger partial charge >= 0.3 is 0 Å². The molecule has 1 aromatic heterocycles. The number of hydrogen-bond acceptors (Lipinski definition) is 4. The first-order valence-electron chi connectivity index (χ1n) is 5.57. The smallest absolute Gasteiger partial charge is 0.230 e. The van der Waals surface area contributed by atoms with Crippen LogP contribution in [-0.4, -0.2) is 31.9 Å². The zero-order valence-electron chi connectivity index (χ0n) is 9.57. The number of pyridine rings is 1. The molecule has 4 nitrogen and oxygen atoms in total. The van der Waals surface area contributed by atoms with E-state index in [-0.39, 0.29) is 24.7 Å². The molecule has 2 heterocycles. The second-order valence-electron chi connectivity index (χ2n) is 4.04. The zero-order chi connectivity index (χ0) is 13.1. The Balaban J connectivity index is 2.21. The first kappa shape index (κ1) is 13.2. The van der Waals surface area contributed by atoms with Crippen molar-refractivity contribution in [2.45, 2.75) is 25.3 Å². The highest BCUT2D eigenvalue weighted by Crippen LogP contribution is 2.20. The van der Waals surface area contributed by atoms with E-state index >= 15 is 0 Å². The summed E-state index contributed by atoms with van der Waals surface area (Å²) in [5.41, 5.74) is 0.784. The highest BCUT2D eigenvalue weighted by Gasteiger charge is 2.36. The highest BCUT2D eigenvalue weighted by atomic mass is 32.1. The lowest BCUT2D eigenvalue weighted by Gasteiger charge is -2.24. The van der Waals surface area contributed by atoms with Crippen LogP contribution in [0.25, 0.3) is 0 Å². The Labute approximate surface area is 116 Å². The van der Waals surface area contributed by atoms with Crippen molar-refractivity contribution in [2.24, 2.45) is 0 Å². The van der Waals surface area contributed by atoms with E-state index in [9.17, 15) is 9.59 Å². The van der Waals surface area contributed by atoms with Crippen molar-refractivity contribution < 1.29 is 9.59 Å². The summed E-state index contributed by atoms with van der Waals surface area (Å²) in [4.78, 5) is 28.8. The minimum absolute atomic E-state index is 0.183. The lowest BCUT2D eigenvalue weighted by atomic mass is 10.1. The summed E-state index contributed by atoms with van der Waals surface area (Å²) < 4.78 is 0.337. The molecule has 0 radical (unpaired) electrons. The molecule has 1 atom stereocenters. The molecule has 1 aliphatic rings. The summed E-state index contributed by atoms with van der Waals surface area (Å²) in [5, 5.41) is 0. The zero-order valence-corrected chi connectivity index (χ0v) is 11.3. The third kappa shape index (κ3) is 2.76. The second kappa shape index (κ2) is 5.58. The maximum atomic E-state index is 11.7. The fraction of sp³-hybridized carbons (Fsp3) is 0.333. The first-order valence-corrected chi connectivity index (χ1v) is 6.42. The summed E-state index contributed by atoms with van der Waals surface area (Å²) >= 11 is 9.19. The minimum Gasteiger partial charge on any atom is -0.274 e. The molecule has 6 heteroatoms. The topological polar surface area (TPSA) is 50.3 Å². The molecule has 0 bridgehead atoms. The number of thiocarbonyl (C=S) groups is 1. The Morgan fingerprint density at radius 1 is 1.39 bits per heavy atom. The van der Waals surface area contributed by atoms with Gasteiger partial charge in [0.25, 0.3) is 0 Å². The third-order valence-electron chi connectivity index (χ3n) is 2.82. The van der Waals surface area contributed by atoms with Crippen LogP contribution in [0.1, 0.15) is 18.5 Å². The molecule has 18 heavy (non-hydrogen) atoms. The number of imide groups is 1. The monoisotopic (exact) mass is 280 g/mol. The van der Waals surface area contributed by atoms with E-state index in [0.717, 1.165) is 5.69 Å². The van der Waals surface area contributed by atoms with Gasteiger partial charge in [-0.3, -0.25) is 19.5 Å². The highest BCUT2D eigenvalue weighted by molar-refractivity contribution is 8.11. The molecular formula is C12H12N2O2S2. The van der Waals surface area contributed by atoms with Crippen LogP contribution >= 0.6 is 24.8 Å². The summed E-state index contributed by atoms with van der Waals surface area (Å²) in [7, 11) is 0. The average Bonchev–Trinajstić information content (AvgIpc) is 2.67. The third-order valence-corrected chi connectivity index (χ3v) is 3.39. The SMILES string of the molecule is O=C1CCC(=O)N1C(Cc1ccccn1)C(=S)S. The number of rotatable bonds is 4. The number of amides is 2. The van der Waals surface area contributed by atoms with Crippen molar-refractivity contribution in [3.63, 3.8) is 0 Å². The van der Waals surface area contributed by atoms with Gasteiger partial charge in [0.2, 0.25) is 11.8 Å². The molecule has 0 saturated carbocycles. The van der Waals surface area contributed by atoms with Gasteiger partial charge < -0.3 is 0 Å². The van der Waals surface area contributed by atoms with Crippen molar-refractivity contribution in [1.82, 2.24) is 9.88 Å². The van der Waals surface area contributed by atoms with Crippen LogP contribution < -0.4 is 0 Å². The van der Waals surface area contributed by atoms with Crippen LogP contribution in [0.5, 0.6) is 0 Å². The van der Waals surface area contributed by atoms with E-state index in [1.165, 1.54) is 4.90 Å². The van der Waals surface area contributed by atoms with E-state index in [4.69, 9.17) is 12.2 Å². The molecule has 94 valence electrons. The summed E-state index contributed by atoms with van der Waals surface area (Å²) in [5.74, 6) is -0.366. The molecule has 0 aromatic carbocycles. The van der Waals surface area contributed by atoms with E-state index < -0.39 is 6.04 Å². The van der Waals surface area contributed by atoms with Crippen molar-refractivity contribution in [2.75, 3.05) is 0 Å². The molecule has 1 saturated heterocycles. The predicted molar refractivity (Wildman–Crippen MR) is 74.4 cm³/mol. The van der Waals surface area contributed by atoms with Crippen LogP contribution in [0.4, 0.5) is 0 Å². The van der Waals surface area contributed by atoms with Gasteiger partial charge in [-0.25, -0.2) is 0 Å². The number of carbonyl (C=O) groups is 2. The molecule has 0 spiro atoms. The van der Waals surface area contributed by atoms with Gasteiger partial charge in [0.05, 0.1) is 10.2 Å². The molecule has 0 aliphatic carbocycles. The molecule has 1 fully saturated rings. The van der Waals surface area contributed by atoms with Crippen LogP contribution in [0, 0.1) is 0 Å². The van der Waals surface area contributed by atoms with Crippen LogP contribution in [0.2, 0.25) is 0 Å². The van der Waals surface area contributed by atoms with Crippen molar-refractivity contribution >= 4 is 40.9 Å². The number of thiol groups is 1. The van der Waals surface area contributed by atoms with Crippen LogP contribution in [0.15, 0.2) is 24.4 Å². The molecule has 1 unspecified atom stereocenters. The maximum absolute atomic E-state index is 11.7. The predicted octanol–water partition coefficient (Wildman–Crippen LogP) is 1.40. The first-order chi connectivity index (χ1) is 8.59. The summed E-state index contributed by atoms with van der Waals surface area (Å²) in [6.07, 6.45) is 2.60. The molecule has 2 rings (SSSR count). The Hall–Kier alpha value is -1.27. The molecular weight excluding hydrogens is 268 g/mol. The minimum atomic E-state index is -0.485. The van der Waals surface area contributed by atoms with Gasteiger partial charge in [-0.2, -0.15) is 0 Å². The largest absolute Gasteiger partial charge is 0.274 e. The molecule has 1 aromatic rings. The van der Waals surface area contributed by atoms with Gasteiger partial charge in [0.15, 0.2) is 0 Å². The quantitative estimate of drug-likeness (QED) is 0.514. The van der Waals surface area contributed by atoms with Crippen LogP contribution in [0.3, 0.4) is 0 Å². The molecule has 0 N–H and O–H groups in total. The van der Waals surface area contributed by atoms with Gasteiger partial charge in [0, 0.05) is 31.2 Å². The number of hydrogen-bond donors (Lipinski definition) is 1. The number of likely N-dealkylation sites (tertiary alicyclic amines) is 1. The Morgan fingerprint density at radius 2 is 2.06 bits per heavy atom. The lowest BCUT2D eigenvalue weighted by molar-refractivity contribution is -0.139. The Morgan fingerprint density at radius 3 is 2.56 bits per heavy atom. The van der Waals surface area contributed by atoms with Gasteiger partial charge in [-0.05, 0) is 12.1 Å². The normalized spacial score (nSPS) is 17.1. The Kier molecular flexibility index (Phi) is 4.08. The Bertz CT molecular complexity index is 474. The van der Waals surface area contributed by atoms with Crippen LogP contribution in [-0.2, 0) is 16.0 Å². The molecule has 1 aliphatic heterocycles. The summed E-state index contributed by atoms with van der Waals surface area (Å²) in [6, 6.07) is 5.02. The standard InChI is InChI=1S/C12H12N2O2S2/c15-10-4-5-11(16)14(10)9(12(17)18)7-8-3-1-2-6-13-8/h1-3,6,9H,4-5,7H2,(H,17,18). The number of carbonyl (C=O) groups excluding carboxylic acids is 2. The van der Waals surface area contributed by atoms with Gasteiger partial charge in [-0.15, -0.1) is 12.6 Å².